The van der Waals surface area contributed by atoms with Gasteiger partial charge in [0.05, 0.1) is 46.8 Å². The standard InChI is InChI=1S/C57H36Br4N4O10/c58-38-21-32(22-39(59)50(38)64-42-17-19-44(66)48-46(42)52(68)34-5-1-3-7-36(34)54(48)70)30-13-9-28(10-14-30)25-74-56(72)62-27-63-57(73)75-26-29-11-15-31(16-12-29)33-23-40(60)51(41(61)24-33)65-43-18-20-45(67)49-47(43)53(69)35-6-2-4-8-37(35)55(49)71/h1-24,64-67H,25-27H2,(H,62,72)(H,63,73)/p+2. The maximum atomic E-state index is 13.6. The van der Waals surface area contributed by atoms with Gasteiger partial charge in [-0.1, -0.05) is 97.1 Å². The van der Waals surface area contributed by atoms with Gasteiger partial charge in [0.1, 0.15) is 36.1 Å². The molecule has 0 fully saturated rings. The second kappa shape index (κ2) is 21.3. The third kappa shape index (κ3) is 10.2. The van der Waals surface area contributed by atoms with Crippen LogP contribution in [0.5, 0.6) is 11.5 Å². The molecule has 10 rings (SSSR count). The second-order valence-electron chi connectivity index (χ2n) is 17.3. The van der Waals surface area contributed by atoms with Crippen LogP contribution in [0.15, 0.2) is 163 Å². The first-order valence-electron chi connectivity index (χ1n) is 22.9. The summed E-state index contributed by atoms with van der Waals surface area (Å²) in [5, 5.41) is 29.8. The number of alkyl carbamates (subject to hydrolysis) is 2. The first-order chi connectivity index (χ1) is 36.1. The summed E-state index contributed by atoms with van der Waals surface area (Å²) in [5.41, 5.74) is 8.64. The van der Waals surface area contributed by atoms with E-state index < -0.39 is 23.8 Å². The van der Waals surface area contributed by atoms with E-state index >= 15 is 0 Å². The van der Waals surface area contributed by atoms with Gasteiger partial charge < -0.3 is 30.3 Å². The lowest BCUT2D eigenvalue weighted by molar-refractivity contribution is -0.480. The predicted octanol–water partition coefficient (Wildman–Crippen LogP) is 11.2. The van der Waals surface area contributed by atoms with Gasteiger partial charge in [-0.3, -0.25) is 29.8 Å². The van der Waals surface area contributed by atoms with E-state index in [1.807, 2.05) is 72.8 Å². The van der Waals surface area contributed by atoms with E-state index in [2.05, 4.69) is 74.4 Å². The zero-order valence-corrected chi connectivity index (χ0v) is 45.1. The number of ether oxygens (including phenoxy) is 2. The molecule has 75 heavy (non-hydrogen) atoms. The summed E-state index contributed by atoms with van der Waals surface area (Å²) in [7, 11) is 0. The van der Waals surface area contributed by atoms with Gasteiger partial charge in [0.25, 0.3) is 0 Å². The molecule has 8 aromatic carbocycles. The Morgan fingerprint density at radius 2 is 0.747 bits per heavy atom. The van der Waals surface area contributed by atoms with Gasteiger partial charge in [0, 0.05) is 34.4 Å². The molecule has 2 aliphatic rings. The van der Waals surface area contributed by atoms with E-state index in [0.29, 0.717) is 29.3 Å². The molecule has 2 aliphatic carbocycles. The molecule has 0 spiro atoms. The summed E-state index contributed by atoms with van der Waals surface area (Å²) < 4.78 is 13.5. The highest BCUT2D eigenvalue weighted by atomic mass is 79.9. The van der Waals surface area contributed by atoms with Gasteiger partial charge in [-0.25, -0.2) is 9.59 Å². The van der Waals surface area contributed by atoms with Crippen molar-refractivity contribution in [2.45, 2.75) is 13.2 Å². The highest BCUT2D eigenvalue weighted by Gasteiger charge is 2.37. The van der Waals surface area contributed by atoms with Crippen molar-refractivity contribution in [1.29, 1.82) is 0 Å². The van der Waals surface area contributed by atoms with Crippen LogP contribution in [0.1, 0.15) is 74.8 Å². The fraction of sp³-hybridized carbons (Fsp3) is 0.0526. The minimum absolute atomic E-state index is 0.0186. The maximum Gasteiger partial charge on any atom is 0.408 e. The molecule has 8 aromatic rings. The number of hydrogen-bond donors (Lipinski definition) is 6. The molecule has 0 saturated carbocycles. The largest absolute Gasteiger partial charge is 0.507 e. The Kier molecular flexibility index (Phi) is 14.5. The average Bonchev–Trinajstić information content (AvgIpc) is 3.42. The van der Waals surface area contributed by atoms with Crippen molar-refractivity contribution in [3.63, 3.8) is 0 Å². The number of phenolic OH excluding ortho intramolecular Hbond substituents is 2. The minimum Gasteiger partial charge on any atom is -0.507 e. The van der Waals surface area contributed by atoms with Gasteiger partial charge in [0.15, 0.2) is 22.9 Å². The number of rotatable bonds is 12. The molecular formula is C57H38Br4N4O10+2. The van der Waals surface area contributed by atoms with Crippen molar-refractivity contribution in [3.8, 4) is 33.8 Å². The number of halogens is 4. The molecule has 0 radical (unpaired) electrons. The van der Waals surface area contributed by atoms with Crippen LogP contribution in [-0.4, -0.2) is 52.2 Å². The number of carbonyl (C=O) groups is 6. The number of phenols is 2. The molecule has 14 nitrogen and oxygen atoms in total. The molecule has 18 heteroatoms. The van der Waals surface area contributed by atoms with Crippen LogP contribution < -0.4 is 21.3 Å². The van der Waals surface area contributed by atoms with Gasteiger partial charge in [-0.2, -0.15) is 0 Å². The number of benzene rings is 8. The number of quaternary nitrogens is 2. The molecule has 0 aliphatic heterocycles. The van der Waals surface area contributed by atoms with Crippen molar-refractivity contribution < 1.29 is 59.1 Å². The van der Waals surface area contributed by atoms with Crippen LogP contribution in [0.25, 0.3) is 22.3 Å². The number of amides is 2. The topological polar surface area (TPSA) is 219 Å². The minimum atomic E-state index is -0.749. The van der Waals surface area contributed by atoms with Crippen molar-refractivity contribution in [2.24, 2.45) is 0 Å². The third-order valence-corrected chi connectivity index (χ3v) is 15.3. The van der Waals surface area contributed by atoms with E-state index in [-0.39, 0.29) is 87.5 Å². The normalized spacial score (nSPS) is 12.3. The lowest BCUT2D eigenvalue weighted by Gasteiger charge is -2.20. The molecule has 2 amide bonds. The van der Waals surface area contributed by atoms with Crippen molar-refractivity contribution in [1.82, 2.24) is 10.6 Å². The molecule has 0 aromatic heterocycles. The molecule has 0 saturated heterocycles. The van der Waals surface area contributed by atoms with Crippen LogP contribution >= 0.6 is 63.7 Å². The molecule has 0 atom stereocenters. The summed E-state index contributed by atoms with van der Waals surface area (Å²) >= 11 is 14.7. The van der Waals surface area contributed by atoms with Gasteiger partial charge >= 0.3 is 12.2 Å². The fourth-order valence-electron chi connectivity index (χ4n) is 8.97. The van der Waals surface area contributed by atoms with Crippen LogP contribution in [-0.2, 0) is 22.7 Å². The van der Waals surface area contributed by atoms with Crippen molar-refractivity contribution in [3.05, 3.63) is 219 Å². The fourth-order valence-corrected chi connectivity index (χ4v) is 11.8. The zero-order chi connectivity index (χ0) is 52.7. The lowest BCUT2D eigenvalue weighted by atomic mass is 9.82. The molecule has 0 heterocycles. The van der Waals surface area contributed by atoms with E-state index in [1.54, 1.807) is 71.3 Å². The first kappa shape index (κ1) is 50.9. The van der Waals surface area contributed by atoms with Gasteiger partial charge in [0.2, 0.25) is 11.6 Å². The van der Waals surface area contributed by atoms with E-state index in [1.165, 1.54) is 12.1 Å². The SMILES string of the molecule is O=C(NCNC(=O)OCc1ccc(-c2cc(Br)c([NH2+]c3ccc(O)c4c3C(=O)c3ccccc3C4=O)c(Br)c2)cc1)OCc1ccc(-c2cc(Br)c([NH2+]c3ccc(O)c4c3C(=O)c3ccccc3C4=O)c(Br)c2)cc1. The van der Waals surface area contributed by atoms with Crippen LogP contribution in [0, 0.1) is 0 Å². The molecule has 372 valence electrons. The van der Waals surface area contributed by atoms with Gasteiger partial charge in [-0.05, 0) is 133 Å². The molecule has 8 N–H and O–H groups in total. The number of carbonyl (C=O) groups excluding carboxylic acids is 6. The predicted molar refractivity (Wildman–Crippen MR) is 291 cm³/mol. The van der Waals surface area contributed by atoms with Crippen LogP contribution in [0.4, 0.5) is 32.3 Å². The first-order valence-corrected chi connectivity index (χ1v) is 26.1. The number of hydrogen-bond acceptors (Lipinski definition) is 10. The Morgan fingerprint density at radius 3 is 1.08 bits per heavy atom. The number of nitrogens with two attached hydrogens (primary N) is 2. The Labute approximate surface area is 461 Å². The molecular weight excluding hydrogens is 1220 g/mol. The Hall–Kier alpha value is -7.58. The summed E-state index contributed by atoms with van der Waals surface area (Å²) in [5.74, 6) is -2.02. The average molecular weight is 1260 g/mol. The van der Waals surface area contributed by atoms with Gasteiger partial charge in [-0.15, -0.1) is 0 Å². The van der Waals surface area contributed by atoms with E-state index in [9.17, 15) is 39.0 Å². The lowest BCUT2D eigenvalue weighted by Crippen LogP contribution is -2.72. The Morgan fingerprint density at radius 1 is 0.427 bits per heavy atom. The van der Waals surface area contributed by atoms with Crippen LogP contribution in [0.3, 0.4) is 0 Å². The van der Waals surface area contributed by atoms with E-state index in [4.69, 9.17) is 9.47 Å². The number of aromatic hydroxyl groups is 2. The number of fused-ring (bicyclic) bond motifs is 4. The molecule has 0 bridgehead atoms. The highest BCUT2D eigenvalue weighted by molar-refractivity contribution is 9.11. The van der Waals surface area contributed by atoms with E-state index in [0.717, 1.165) is 44.8 Å². The summed E-state index contributed by atoms with van der Waals surface area (Å²) in [6.07, 6.45) is -1.50. The second-order valence-corrected chi connectivity index (χ2v) is 20.7. The molecule has 0 unspecified atom stereocenters. The Bertz CT molecular complexity index is 3450. The third-order valence-electron chi connectivity index (χ3n) is 12.7. The quantitative estimate of drug-likeness (QED) is 0.0386. The van der Waals surface area contributed by atoms with Crippen LogP contribution in [0.2, 0.25) is 0 Å². The summed E-state index contributed by atoms with van der Waals surface area (Å²) in [6.45, 7) is -0.301. The monoisotopic (exact) mass is 1250 g/mol. The summed E-state index contributed by atoms with van der Waals surface area (Å²) in [4.78, 5) is 78.9. The smallest absolute Gasteiger partial charge is 0.408 e. The maximum absolute atomic E-state index is 13.6. The van der Waals surface area contributed by atoms with Crippen molar-refractivity contribution in [2.75, 3.05) is 6.67 Å². The zero-order valence-electron chi connectivity index (χ0n) is 38.8. The Balaban J connectivity index is 0.683. The number of ketones is 4. The highest BCUT2D eigenvalue weighted by Crippen LogP contribution is 2.41. The van der Waals surface area contributed by atoms with Crippen molar-refractivity contribution >= 4 is 122 Å². The summed E-state index contributed by atoms with van der Waals surface area (Å²) in [6, 6.07) is 41.7. The number of nitrogens with one attached hydrogen (secondary N) is 2.